The summed E-state index contributed by atoms with van der Waals surface area (Å²) in [5.74, 6) is 4.99. The third kappa shape index (κ3) is 2.58. The number of hydrogen-bond acceptors (Lipinski definition) is 2. The molecule has 4 rings (SSSR count). The highest BCUT2D eigenvalue weighted by Gasteiger charge is 2.53. The third-order valence-corrected chi connectivity index (χ3v) is 8.19. The normalized spacial score (nSPS) is 52.4. The summed E-state index contributed by atoms with van der Waals surface area (Å²) in [6.07, 6.45) is 9.63. The molecule has 0 amide bonds. The first-order valence-electron chi connectivity index (χ1n) is 9.81. The van der Waals surface area contributed by atoms with Gasteiger partial charge in [0.15, 0.2) is 0 Å². The Balaban J connectivity index is 1.49. The molecule has 4 saturated carbocycles. The molecule has 4 aliphatic rings. The summed E-state index contributed by atoms with van der Waals surface area (Å²) in [6, 6.07) is 0. The summed E-state index contributed by atoms with van der Waals surface area (Å²) in [6.45, 7) is 1.21. The number of halogens is 1. The summed E-state index contributed by atoms with van der Waals surface area (Å²) in [5.41, 5.74) is -1.03. The molecule has 0 saturated heterocycles. The van der Waals surface area contributed by atoms with E-state index in [0.717, 1.165) is 30.6 Å². The molecule has 0 radical (unpaired) electrons. The first kappa shape index (κ1) is 16.1. The van der Waals surface area contributed by atoms with Crippen LogP contribution in [0.5, 0.6) is 0 Å². The maximum Gasteiger partial charge on any atom is 0.133 e. The highest BCUT2D eigenvalue weighted by molar-refractivity contribution is 5.79. The van der Waals surface area contributed by atoms with Gasteiger partial charge >= 0.3 is 0 Å². The van der Waals surface area contributed by atoms with E-state index in [4.69, 9.17) is 0 Å². The van der Waals surface area contributed by atoms with Crippen molar-refractivity contribution in [3.05, 3.63) is 0 Å². The van der Waals surface area contributed by atoms with E-state index < -0.39 is 12.3 Å². The Morgan fingerprint density at radius 3 is 2.30 bits per heavy atom. The van der Waals surface area contributed by atoms with E-state index in [9.17, 15) is 14.3 Å². The Bertz CT molecular complexity index is 478. The first-order valence-corrected chi connectivity index (χ1v) is 9.81. The molecular formula is C20H31FO2. The van der Waals surface area contributed by atoms with Gasteiger partial charge in [-0.1, -0.05) is 0 Å². The quantitative estimate of drug-likeness (QED) is 0.829. The topological polar surface area (TPSA) is 37.3 Å². The molecule has 3 heteroatoms. The first-order chi connectivity index (χ1) is 11.0. The van der Waals surface area contributed by atoms with Crippen LogP contribution in [0, 0.1) is 41.4 Å². The van der Waals surface area contributed by atoms with Crippen LogP contribution in [0.1, 0.15) is 64.7 Å². The Morgan fingerprint density at radius 1 is 0.957 bits per heavy atom. The molecule has 0 aromatic rings. The molecule has 1 N–H and O–H groups in total. The minimum Gasteiger partial charge on any atom is -0.387 e. The molecule has 23 heavy (non-hydrogen) atoms. The monoisotopic (exact) mass is 322 g/mol. The fourth-order valence-corrected chi connectivity index (χ4v) is 7.25. The molecule has 0 aromatic carbocycles. The lowest BCUT2D eigenvalue weighted by molar-refractivity contribution is -0.124. The van der Waals surface area contributed by atoms with Crippen molar-refractivity contribution in [1.29, 1.82) is 0 Å². The lowest BCUT2D eigenvalue weighted by Gasteiger charge is -2.54. The number of alkyl halides is 1. The number of fused-ring (bicyclic) bond motifs is 5. The molecule has 0 unspecified atom stereocenters. The van der Waals surface area contributed by atoms with Crippen LogP contribution in [0.25, 0.3) is 0 Å². The van der Waals surface area contributed by atoms with Crippen LogP contribution in [0.15, 0.2) is 0 Å². The van der Waals surface area contributed by atoms with Gasteiger partial charge in [0.05, 0.1) is 5.60 Å². The van der Waals surface area contributed by atoms with Crippen molar-refractivity contribution in [2.75, 3.05) is 6.67 Å². The van der Waals surface area contributed by atoms with Crippen LogP contribution >= 0.6 is 0 Å². The van der Waals surface area contributed by atoms with Gasteiger partial charge in [-0.05, 0) is 100 Å². The summed E-state index contributed by atoms with van der Waals surface area (Å²) >= 11 is 0. The van der Waals surface area contributed by atoms with Crippen molar-refractivity contribution >= 4 is 5.78 Å². The number of Topliss-reactive ketones (excluding diaryl/α,β-unsaturated/α-hetero) is 1. The van der Waals surface area contributed by atoms with Gasteiger partial charge in [-0.25, -0.2) is 4.39 Å². The van der Waals surface area contributed by atoms with Gasteiger partial charge < -0.3 is 5.11 Å². The van der Waals surface area contributed by atoms with Gasteiger partial charge in [-0.3, -0.25) is 4.79 Å². The van der Waals surface area contributed by atoms with Crippen molar-refractivity contribution in [2.45, 2.75) is 70.3 Å². The molecule has 8 atom stereocenters. The van der Waals surface area contributed by atoms with E-state index in [-0.39, 0.29) is 0 Å². The van der Waals surface area contributed by atoms with E-state index >= 15 is 0 Å². The average molecular weight is 322 g/mol. The highest BCUT2D eigenvalue weighted by atomic mass is 19.1. The number of rotatable bonds is 2. The van der Waals surface area contributed by atoms with Crippen LogP contribution in [-0.2, 0) is 4.79 Å². The average Bonchev–Trinajstić information content (AvgIpc) is 2.98. The number of carbonyl (C=O) groups excluding carboxylic acids is 1. The van der Waals surface area contributed by atoms with Crippen molar-refractivity contribution in [2.24, 2.45) is 41.4 Å². The summed E-state index contributed by atoms with van der Waals surface area (Å²) in [7, 11) is 0. The zero-order chi connectivity index (χ0) is 16.2. The van der Waals surface area contributed by atoms with Crippen LogP contribution in [0.3, 0.4) is 0 Å². The van der Waals surface area contributed by atoms with Crippen LogP contribution < -0.4 is 0 Å². The van der Waals surface area contributed by atoms with E-state index in [1.165, 1.54) is 32.1 Å². The largest absolute Gasteiger partial charge is 0.387 e. The van der Waals surface area contributed by atoms with Crippen molar-refractivity contribution in [3.63, 3.8) is 0 Å². The number of carbonyl (C=O) groups is 1. The van der Waals surface area contributed by atoms with Gasteiger partial charge in [-0.15, -0.1) is 0 Å². The molecule has 2 nitrogen and oxygen atoms in total. The third-order valence-electron chi connectivity index (χ3n) is 8.19. The predicted octanol–water partition coefficient (Wildman–Crippen LogP) is 4.15. The molecule has 0 bridgehead atoms. The SMILES string of the molecule is CC(=O)[C@H]1CC[C@H]2[C@@H]3CC[C@@H]4C[C@@](O)(CF)CC[C@@H]4[C@H]3CC[C@@H]21. The van der Waals surface area contributed by atoms with Gasteiger partial charge in [0.25, 0.3) is 0 Å². The predicted molar refractivity (Wildman–Crippen MR) is 87.6 cm³/mol. The van der Waals surface area contributed by atoms with E-state index in [2.05, 4.69) is 0 Å². The zero-order valence-electron chi connectivity index (χ0n) is 14.3. The van der Waals surface area contributed by atoms with Gasteiger partial charge in [-0.2, -0.15) is 0 Å². The van der Waals surface area contributed by atoms with Crippen molar-refractivity contribution < 1.29 is 14.3 Å². The lowest BCUT2D eigenvalue weighted by atomic mass is 9.52. The smallest absolute Gasteiger partial charge is 0.133 e. The van der Waals surface area contributed by atoms with Crippen molar-refractivity contribution in [1.82, 2.24) is 0 Å². The number of aliphatic hydroxyl groups is 1. The van der Waals surface area contributed by atoms with Gasteiger partial charge in [0.1, 0.15) is 12.5 Å². The summed E-state index contributed by atoms with van der Waals surface area (Å²) in [5, 5.41) is 10.3. The lowest BCUT2D eigenvalue weighted by Crippen LogP contribution is -2.49. The number of ketones is 1. The minimum atomic E-state index is -1.03. The fourth-order valence-electron chi connectivity index (χ4n) is 7.25. The minimum absolute atomic E-state index is 0.335. The Morgan fingerprint density at radius 2 is 1.57 bits per heavy atom. The second-order valence-electron chi connectivity index (χ2n) is 9.13. The maximum absolute atomic E-state index is 13.2. The summed E-state index contributed by atoms with van der Waals surface area (Å²) < 4.78 is 13.2. The van der Waals surface area contributed by atoms with Crippen LogP contribution in [0.2, 0.25) is 0 Å². The second-order valence-corrected chi connectivity index (χ2v) is 9.13. The molecular weight excluding hydrogens is 291 g/mol. The summed E-state index contributed by atoms with van der Waals surface area (Å²) in [4.78, 5) is 11.9. The van der Waals surface area contributed by atoms with Crippen LogP contribution in [0.4, 0.5) is 4.39 Å². The Labute approximate surface area is 139 Å². The standard InChI is InChI=1S/C20H31FO2/c1-12(22)14-4-5-19-16(14)6-7-17-15-8-9-20(23,11-21)10-13(15)2-3-18(17)19/h13-19,23H,2-11H2,1H3/t13-,14-,15+,16-,17-,18-,19-,20-/m1/s1. The Kier molecular flexibility index (Phi) is 4.06. The number of hydrogen-bond donors (Lipinski definition) is 1. The van der Waals surface area contributed by atoms with Gasteiger partial charge in [0.2, 0.25) is 0 Å². The van der Waals surface area contributed by atoms with E-state index in [1.54, 1.807) is 6.92 Å². The fraction of sp³-hybridized carbons (Fsp3) is 0.950. The van der Waals surface area contributed by atoms with E-state index in [0.29, 0.717) is 42.3 Å². The molecule has 0 aromatic heterocycles. The highest BCUT2D eigenvalue weighted by Crippen LogP contribution is 2.59. The maximum atomic E-state index is 13.2. The molecule has 4 aliphatic carbocycles. The molecule has 130 valence electrons. The zero-order valence-corrected chi connectivity index (χ0v) is 14.3. The van der Waals surface area contributed by atoms with E-state index in [1.807, 2.05) is 0 Å². The molecule has 4 fully saturated rings. The molecule has 0 spiro atoms. The van der Waals surface area contributed by atoms with Gasteiger partial charge in [0, 0.05) is 5.92 Å². The van der Waals surface area contributed by atoms with Crippen LogP contribution in [-0.4, -0.2) is 23.2 Å². The van der Waals surface area contributed by atoms with Crippen molar-refractivity contribution in [3.8, 4) is 0 Å². The molecule has 0 aliphatic heterocycles. The molecule has 0 heterocycles. The Hall–Kier alpha value is -0.440. The second kappa shape index (κ2) is 5.82.